The van der Waals surface area contributed by atoms with Crippen LogP contribution in [0.4, 0.5) is 10.1 Å². The Kier molecular flexibility index (Phi) is 4.12. The van der Waals surface area contributed by atoms with E-state index in [1.165, 1.54) is 35.6 Å². The average Bonchev–Trinajstić information content (AvgIpc) is 2.76. The molecule has 4 nitrogen and oxygen atoms in total. The first-order valence-corrected chi connectivity index (χ1v) is 8.12. The minimum absolute atomic E-state index is 0.133. The van der Waals surface area contributed by atoms with Crippen molar-refractivity contribution >= 4 is 27.0 Å². The van der Waals surface area contributed by atoms with Gasteiger partial charge in [-0.05, 0) is 43.7 Å². The van der Waals surface area contributed by atoms with E-state index >= 15 is 0 Å². The summed E-state index contributed by atoms with van der Waals surface area (Å²) in [5.74, 6) is -0.387. The molecule has 2 rings (SSSR count). The summed E-state index contributed by atoms with van der Waals surface area (Å²) in [6, 6.07) is 5.46. The van der Waals surface area contributed by atoms with E-state index in [0.717, 1.165) is 0 Å². The maximum Gasteiger partial charge on any atom is 0.263 e. The van der Waals surface area contributed by atoms with Gasteiger partial charge in [-0.2, -0.15) is 0 Å². The maximum absolute atomic E-state index is 13.2. The number of aliphatic hydroxyl groups is 1. The molecular formula is C13H14FNO3S2. The fourth-order valence-corrected chi connectivity index (χ4v) is 4.33. The van der Waals surface area contributed by atoms with Gasteiger partial charge in [0.15, 0.2) is 0 Å². The van der Waals surface area contributed by atoms with Gasteiger partial charge in [0, 0.05) is 15.4 Å². The summed E-state index contributed by atoms with van der Waals surface area (Å²) in [5, 5.41) is 9.05. The second-order valence-electron chi connectivity index (χ2n) is 4.36. The highest BCUT2D eigenvalue weighted by Crippen LogP contribution is 2.27. The van der Waals surface area contributed by atoms with Crippen LogP contribution in [-0.4, -0.2) is 13.5 Å². The van der Waals surface area contributed by atoms with E-state index in [4.69, 9.17) is 5.11 Å². The zero-order valence-corrected chi connectivity index (χ0v) is 12.6. The number of aryl methyl sites for hydroxylation is 2. The topological polar surface area (TPSA) is 66.4 Å². The lowest BCUT2D eigenvalue weighted by atomic mass is 10.2. The van der Waals surface area contributed by atoms with Crippen molar-refractivity contribution in [3.05, 3.63) is 45.4 Å². The molecule has 2 aromatic rings. The molecule has 0 radical (unpaired) electrons. The molecule has 0 aliphatic heterocycles. The van der Waals surface area contributed by atoms with Crippen LogP contribution in [0.3, 0.4) is 0 Å². The quantitative estimate of drug-likeness (QED) is 0.912. The van der Waals surface area contributed by atoms with Crippen molar-refractivity contribution in [2.24, 2.45) is 0 Å². The second-order valence-corrected chi connectivity index (χ2v) is 7.35. The van der Waals surface area contributed by atoms with E-state index in [1.54, 1.807) is 13.8 Å². The molecule has 0 unspecified atom stereocenters. The van der Waals surface area contributed by atoms with Crippen LogP contribution in [0.5, 0.6) is 0 Å². The van der Waals surface area contributed by atoms with Crippen molar-refractivity contribution in [1.29, 1.82) is 0 Å². The fraction of sp³-hybridized carbons (Fsp3) is 0.231. The Morgan fingerprint density at radius 2 is 2.00 bits per heavy atom. The van der Waals surface area contributed by atoms with Gasteiger partial charge in [0.1, 0.15) is 10.7 Å². The molecule has 1 aromatic heterocycles. The second kappa shape index (κ2) is 5.51. The lowest BCUT2D eigenvalue weighted by molar-refractivity contribution is 0.285. The summed E-state index contributed by atoms with van der Waals surface area (Å²) in [4.78, 5) is 1.31. The molecule has 20 heavy (non-hydrogen) atoms. The third-order valence-corrected chi connectivity index (χ3v) is 5.45. The van der Waals surface area contributed by atoms with E-state index in [9.17, 15) is 12.8 Å². The van der Waals surface area contributed by atoms with Crippen LogP contribution in [-0.2, 0) is 16.6 Å². The van der Waals surface area contributed by atoms with Crippen molar-refractivity contribution in [3.8, 4) is 0 Å². The number of rotatable bonds is 4. The first-order valence-electron chi connectivity index (χ1n) is 5.82. The average molecular weight is 315 g/mol. The van der Waals surface area contributed by atoms with E-state index in [1.807, 2.05) is 0 Å². The molecule has 0 fully saturated rings. The van der Waals surface area contributed by atoms with Gasteiger partial charge in [-0.3, -0.25) is 4.72 Å². The molecule has 2 N–H and O–H groups in total. The summed E-state index contributed by atoms with van der Waals surface area (Å²) in [6.45, 7) is 3.04. The zero-order chi connectivity index (χ0) is 14.9. The third-order valence-electron chi connectivity index (χ3n) is 2.78. The number of thiophene rings is 1. The number of sulfonamides is 1. The molecule has 0 aliphatic carbocycles. The van der Waals surface area contributed by atoms with Gasteiger partial charge >= 0.3 is 0 Å². The Morgan fingerprint density at radius 3 is 2.55 bits per heavy atom. The predicted molar refractivity (Wildman–Crippen MR) is 76.9 cm³/mol. The van der Waals surface area contributed by atoms with Gasteiger partial charge in [0.05, 0.1) is 6.61 Å². The van der Waals surface area contributed by atoms with Gasteiger partial charge in [-0.15, -0.1) is 11.3 Å². The van der Waals surface area contributed by atoms with Gasteiger partial charge in [-0.1, -0.05) is 0 Å². The van der Waals surface area contributed by atoms with Crippen LogP contribution in [0, 0.1) is 19.7 Å². The third kappa shape index (κ3) is 3.00. The summed E-state index contributed by atoms with van der Waals surface area (Å²) in [6.07, 6.45) is 0. The van der Waals surface area contributed by atoms with E-state index in [0.29, 0.717) is 21.0 Å². The minimum Gasteiger partial charge on any atom is -0.391 e. The molecule has 0 atom stereocenters. The van der Waals surface area contributed by atoms with Crippen LogP contribution in [0.2, 0.25) is 0 Å². The number of hydrogen-bond acceptors (Lipinski definition) is 4. The van der Waals surface area contributed by atoms with Crippen LogP contribution in [0.15, 0.2) is 29.2 Å². The van der Waals surface area contributed by atoms with Crippen molar-refractivity contribution in [2.45, 2.75) is 25.3 Å². The largest absolute Gasteiger partial charge is 0.391 e. The molecule has 0 spiro atoms. The Hall–Kier alpha value is -1.44. The molecule has 1 heterocycles. The fourth-order valence-electron chi connectivity index (χ4n) is 1.79. The summed E-state index contributed by atoms with van der Waals surface area (Å²) in [5.41, 5.74) is 0.670. The molecule has 108 valence electrons. The van der Waals surface area contributed by atoms with Crippen LogP contribution >= 0.6 is 11.3 Å². The monoisotopic (exact) mass is 315 g/mol. The summed E-state index contributed by atoms with van der Waals surface area (Å²) >= 11 is 1.23. The van der Waals surface area contributed by atoms with E-state index in [-0.39, 0.29) is 17.3 Å². The van der Waals surface area contributed by atoms with Crippen molar-refractivity contribution in [3.63, 3.8) is 0 Å². The molecule has 0 amide bonds. The number of anilines is 1. The number of hydrogen-bond donors (Lipinski definition) is 2. The Morgan fingerprint density at radius 1 is 1.30 bits per heavy atom. The lowest BCUT2D eigenvalue weighted by Gasteiger charge is -2.08. The van der Waals surface area contributed by atoms with Gasteiger partial charge in [0.25, 0.3) is 10.0 Å². The van der Waals surface area contributed by atoms with Gasteiger partial charge < -0.3 is 5.11 Å². The molecule has 0 saturated heterocycles. The molecule has 7 heteroatoms. The Bertz CT molecular complexity index is 738. The van der Waals surface area contributed by atoms with Crippen LogP contribution < -0.4 is 4.72 Å². The minimum atomic E-state index is -3.74. The maximum atomic E-state index is 13.2. The first kappa shape index (κ1) is 15.0. The molecule has 0 bridgehead atoms. The van der Waals surface area contributed by atoms with Crippen molar-refractivity contribution < 1.29 is 17.9 Å². The van der Waals surface area contributed by atoms with Gasteiger partial charge in [0.2, 0.25) is 0 Å². The molecule has 1 aromatic carbocycles. The number of benzene rings is 1. The summed E-state index contributed by atoms with van der Waals surface area (Å²) in [7, 11) is -3.74. The predicted octanol–water partition coefficient (Wildman–Crippen LogP) is 2.80. The molecule has 0 aliphatic rings. The highest BCUT2D eigenvalue weighted by Gasteiger charge is 2.20. The molecular weight excluding hydrogens is 301 g/mol. The van der Waals surface area contributed by atoms with Crippen LogP contribution in [0.25, 0.3) is 0 Å². The smallest absolute Gasteiger partial charge is 0.263 e. The van der Waals surface area contributed by atoms with Crippen molar-refractivity contribution in [1.82, 2.24) is 0 Å². The highest BCUT2D eigenvalue weighted by molar-refractivity contribution is 7.93. The van der Waals surface area contributed by atoms with E-state index < -0.39 is 10.0 Å². The zero-order valence-electron chi connectivity index (χ0n) is 11.0. The normalized spacial score (nSPS) is 11.6. The SMILES string of the molecule is Cc1cc(NS(=O)(=O)c2cc(CO)sc2C)ccc1F. The first-order chi connectivity index (χ1) is 9.33. The highest BCUT2D eigenvalue weighted by atomic mass is 32.2. The van der Waals surface area contributed by atoms with Crippen molar-refractivity contribution in [2.75, 3.05) is 4.72 Å². The lowest BCUT2D eigenvalue weighted by Crippen LogP contribution is -2.13. The standard InChI is InChI=1S/C13H14FNO3S2/c1-8-5-10(3-4-12(8)14)15-20(17,18)13-6-11(7-16)19-9(13)2/h3-6,15-16H,7H2,1-2H3. The number of nitrogens with one attached hydrogen (secondary N) is 1. The summed E-state index contributed by atoms with van der Waals surface area (Å²) < 4.78 is 40.1. The number of aliphatic hydroxyl groups excluding tert-OH is 1. The van der Waals surface area contributed by atoms with Crippen LogP contribution in [0.1, 0.15) is 15.3 Å². The van der Waals surface area contributed by atoms with Gasteiger partial charge in [-0.25, -0.2) is 12.8 Å². The van der Waals surface area contributed by atoms with E-state index in [2.05, 4.69) is 4.72 Å². The Balaban J connectivity index is 2.35. The molecule has 0 saturated carbocycles. The number of halogens is 1. The Labute approximate surface area is 120 Å².